The monoisotopic (exact) mass is 347 g/mol. The van der Waals surface area contributed by atoms with Crippen molar-refractivity contribution in [3.05, 3.63) is 0 Å². The fourth-order valence-corrected chi connectivity index (χ4v) is 1.69. The summed E-state index contributed by atoms with van der Waals surface area (Å²) in [6.07, 6.45) is 0.480. The molecular weight excluding hydrogens is 310 g/mol. The van der Waals surface area contributed by atoms with Gasteiger partial charge in [0.2, 0.25) is 0 Å². The highest BCUT2D eigenvalue weighted by Gasteiger charge is 2.06. The molecule has 0 rings (SSSR count). The van der Waals surface area contributed by atoms with Gasteiger partial charge in [-0.3, -0.25) is 4.79 Å². The largest absolute Gasteiger partial charge is 0.379 e. The Morgan fingerprint density at radius 1 is 0.750 bits per heavy atom. The highest BCUT2D eigenvalue weighted by Crippen LogP contribution is 1.98. The van der Waals surface area contributed by atoms with Crippen molar-refractivity contribution in [1.82, 2.24) is 4.90 Å². The Kier molecular flexibility index (Phi) is 15.6. The van der Waals surface area contributed by atoms with Gasteiger partial charge >= 0.3 is 0 Å². The van der Waals surface area contributed by atoms with Crippen LogP contribution in [-0.4, -0.2) is 83.2 Å². The van der Waals surface area contributed by atoms with E-state index in [9.17, 15) is 4.79 Å². The summed E-state index contributed by atoms with van der Waals surface area (Å²) in [6, 6.07) is 0.543. The van der Waals surface area contributed by atoms with Gasteiger partial charge in [0.25, 0.3) is 0 Å². The van der Waals surface area contributed by atoms with Crippen LogP contribution in [0.2, 0.25) is 0 Å². The fourth-order valence-electron chi connectivity index (χ4n) is 1.69. The lowest BCUT2D eigenvalue weighted by Crippen LogP contribution is -2.30. The lowest BCUT2D eigenvalue weighted by atomic mass is 10.1. The number of nitrogens with zero attached hydrogens (tertiary/aromatic N) is 1. The van der Waals surface area contributed by atoms with Gasteiger partial charge in [-0.1, -0.05) is 13.8 Å². The molecule has 0 aromatic rings. The van der Waals surface area contributed by atoms with Gasteiger partial charge in [0.15, 0.2) is 0 Å². The molecule has 6 heteroatoms. The Morgan fingerprint density at radius 3 is 1.58 bits per heavy atom. The van der Waals surface area contributed by atoms with Crippen LogP contribution in [0.4, 0.5) is 0 Å². The minimum atomic E-state index is 0.0853. The Hall–Kier alpha value is -0.530. The van der Waals surface area contributed by atoms with E-state index in [1.807, 2.05) is 13.8 Å². The highest BCUT2D eigenvalue weighted by molar-refractivity contribution is 5.80. The molecule has 0 amide bonds. The Labute approximate surface area is 147 Å². The van der Waals surface area contributed by atoms with Crippen LogP contribution in [0.3, 0.4) is 0 Å². The lowest BCUT2D eigenvalue weighted by molar-refractivity contribution is -0.123. The summed E-state index contributed by atoms with van der Waals surface area (Å²) in [6.45, 7) is 13.6. The fraction of sp³-hybridized carbons (Fsp3) is 0.944. The minimum absolute atomic E-state index is 0.0853. The summed E-state index contributed by atoms with van der Waals surface area (Å²) in [5.41, 5.74) is 0. The molecule has 0 aromatic carbocycles. The van der Waals surface area contributed by atoms with Gasteiger partial charge in [-0.2, -0.15) is 0 Å². The molecule has 0 radical (unpaired) electrons. The maximum absolute atomic E-state index is 11.4. The second-order valence-corrected chi connectivity index (χ2v) is 6.39. The third-order valence-corrected chi connectivity index (χ3v) is 3.72. The van der Waals surface area contributed by atoms with Gasteiger partial charge < -0.3 is 23.8 Å². The maximum Gasteiger partial charge on any atom is 0.137 e. The molecule has 0 aliphatic carbocycles. The number of carbonyl (C=O) groups excluding carboxylic acids is 1. The molecule has 0 N–H and O–H groups in total. The zero-order valence-corrected chi connectivity index (χ0v) is 16.2. The van der Waals surface area contributed by atoms with Crippen molar-refractivity contribution in [1.29, 1.82) is 0 Å². The molecule has 0 spiro atoms. The van der Waals surface area contributed by atoms with E-state index in [0.29, 0.717) is 58.7 Å². The average Bonchev–Trinajstić information content (AvgIpc) is 2.54. The second kappa shape index (κ2) is 16.0. The summed E-state index contributed by atoms with van der Waals surface area (Å²) >= 11 is 0. The predicted octanol–water partition coefficient (Wildman–Crippen LogP) is 2.01. The van der Waals surface area contributed by atoms with Crippen LogP contribution < -0.4 is 0 Å². The van der Waals surface area contributed by atoms with Crippen molar-refractivity contribution in [2.45, 2.75) is 40.2 Å². The van der Waals surface area contributed by atoms with Gasteiger partial charge in [-0.05, 0) is 20.9 Å². The van der Waals surface area contributed by atoms with Gasteiger partial charge in [0, 0.05) is 24.9 Å². The van der Waals surface area contributed by atoms with Crippen LogP contribution in [0.15, 0.2) is 0 Å². The molecule has 0 saturated heterocycles. The van der Waals surface area contributed by atoms with E-state index in [1.165, 1.54) is 0 Å². The Balaban J connectivity index is 3.14. The molecule has 0 aliphatic heterocycles. The second-order valence-electron chi connectivity index (χ2n) is 6.39. The van der Waals surface area contributed by atoms with E-state index in [-0.39, 0.29) is 11.7 Å². The standard InChI is InChI=1S/C18H37NO5/c1-16(2)18(20)6-8-21-10-12-23-14-15-24-13-11-22-9-7-19(5)17(3)4/h16-17H,6-15H2,1-5H3. The first-order valence-electron chi connectivity index (χ1n) is 8.99. The van der Waals surface area contributed by atoms with Gasteiger partial charge in [0.1, 0.15) is 5.78 Å². The van der Waals surface area contributed by atoms with Crippen LogP contribution in [0.5, 0.6) is 0 Å². The number of hydrogen-bond donors (Lipinski definition) is 0. The van der Waals surface area contributed by atoms with Crippen molar-refractivity contribution < 1.29 is 23.7 Å². The molecule has 0 fully saturated rings. The number of ether oxygens (including phenoxy) is 4. The molecule has 0 bridgehead atoms. The number of hydrogen-bond acceptors (Lipinski definition) is 6. The summed E-state index contributed by atoms with van der Waals surface area (Å²) in [7, 11) is 2.09. The normalized spacial score (nSPS) is 11.8. The van der Waals surface area contributed by atoms with Crippen LogP contribution in [0, 0.1) is 5.92 Å². The predicted molar refractivity (Wildman–Crippen MR) is 95.5 cm³/mol. The summed E-state index contributed by atoms with van der Waals surface area (Å²) in [4.78, 5) is 13.6. The topological polar surface area (TPSA) is 57.2 Å². The van der Waals surface area contributed by atoms with Gasteiger partial charge in [0.05, 0.1) is 52.9 Å². The van der Waals surface area contributed by atoms with E-state index >= 15 is 0 Å². The molecule has 0 atom stereocenters. The van der Waals surface area contributed by atoms with Gasteiger partial charge in [-0.25, -0.2) is 0 Å². The third-order valence-electron chi connectivity index (χ3n) is 3.72. The van der Waals surface area contributed by atoms with E-state index < -0.39 is 0 Å². The summed E-state index contributed by atoms with van der Waals surface area (Å²) in [5, 5.41) is 0. The maximum atomic E-state index is 11.4. The highest BCUT2D eigenvalue weighted by atomic mass is 16.6. The zero-order valence-electron chi connectivity index (χ0n) is 16.2. The molecule has 0 aromatic heterocycles. The van der Waals surface area contributed by atoms with Gasteiger partial charge in [-0.15, -0.1) is 0 Å². The molecular formula is C18H37NO5. The first-order chi connectivity index (χ1) is 11.4. The zero-order chi connectivity index (χ0) is 18.2. The molecule has 0 unspecified atom stereocenters. The molecule has 24 heavy (non-hydrogen) atoms. The molecule has 6 nitrogen and oxygen atoms in total. The van der Waals surface area contributed by atoms with Crippen LogP contribution in [0.1, 0.15) is 34.1 Å². The van der Waals surface area contributed by atoms with Crippen molar-refractivity contribution in [2.24, 2.45) is 5.92 Å². The van der Waals surface area contributed by atoms with E-state index in [1.54, 1.807) is 0 Å². The first-order valence-corrected chi connectivity index (χ1v) is 8.99. The quantitative estimate of drug-likeness (QED) is 0.375. The SMILES string of the molecule is CC(C)C(=O)CCOCCOCCOCCOCCN(C)C(C)C. The van der Waals surface area contributed by atoms with Crippen LogP contribution >= 0.6 is 0 Å². The van der Waals surface area contributed by atoms with E-state index in [4.69, 9.17) is 18.9 Å². The number of rotatable bonds is 17. The number of likely N-dealkylation sites (N-methyl/N-ethyl adjacent to an activating group) is 1. The minimum Gasteiger partial charge on any atom is -0.379 e. The molecule has 0 saturated carbocycles. The van der Waals surface area contributed by atoms with Crippen molar-refractivity contribution in [3.8, 4) is 0 Å². The number of carbonyl (C=O) groups is 1. The smallest absolute Gasteiger partial charge is 0.137 e. The molecule has 144 valence electrons. The summed E-state index contributed by atoms with van der Waals surface area (Å²) in [5.74, 6) is 0.324. The van der Waals surface area contributed by atoms with Crippen molar-refractivity contribution >= 4 is 5.78 Å². The molecule has 0 heterocycles. The van der Waals surface area contributed by atoms with Crippen molar-refractivity contribution in [3.63, 3.8) is 0 Å². The van der Waals surface area contributed by atoms with E-state index in [2.05, 4.69) is 25.8 Å². The Bertz CT molecular complexity index is 297. The van der Waals surface area contributed by atoms with Crippen LogP contribution in [0.25, 0.3) is 0 Å². The average molecular weight is 347 g/mol. The third kappa shape index (κ3) is 15.0. The number of ketones is 1. The van der Waals surface area contributed by atoms with E-state index in [0.717, 1.165) is 13.2 Å². The molecule has 0 aliphatic rings. The van der Waals surface area contributed by atoms with Crippen molar-refractivity contribution in [2.75, 3.05) is 66.4 Å². The number of Topliss-reactive ketones (excluding diaryl/α,β-unsaturated/α-hetero) is 1. The lowest BCUT2D eigenvalue weighted by Gasteiger charge is -2.20. The summed E-state index contributed by atoms with van der Waals surface area (Å²) < 4.78 is 21.7. The first kappa shape index (κ1) is 23.5. The van der Waals surface area contributed by atoms with Crippen LogP contribution in [-0.2, 0) is 23.7 Å². The Morgan fingerprint density at radius 2 is 1.17 bits per heavy atom.